The number of hydrogen-bond donors (Lipinski definition) is 3. The highest BCUT2D eigenvalue weighted by Crippen LogP contribution is 2.27. The standard InChI is InChI=1S/C38H43N3O5/c1-45-33-22-20-29(21-23-33)27-36(42)39-25-12-11-19-35(41-38(44)46-28-30-13-5-2-6-14-30)37(43)40-26-24-34(31-15-7-3-8-16-31)32-17-9-4-10-18-32/h2-10,13-18,20-23,34-35H,11-12,19,24-28H2,1H3,(H,39,42)(H,40,43)(H,41,44). The van der Waals surface area contributed by atoms with Crippen molar-refractivity contribution in [1.29, 1.82) is 0 Å². The lowest BCUT2D eigenvalue weighted by molar-refractivity contribution is -0.123. The van der Waals surface area contributed by atoms with Gasteiger partial charge in [0, 0.05) is 19.0 Å². The van der Waals surface area contributed by atoms with Crippen molar-refractivity contribution in [2.45, 2.75) is 50.7 Å². The van der Waals surface area contributed by atoms with Crippen molar-refractivity contribution in [3.8, 4) is 5.75 Å². The maximum Gasteiger partial charge on any atom is 0.408 e. The summed E-state index contributed by atoms with van der Waals surface area (Å²) >= 11 is 0. The molecule has 0 aliphatic rings. The molecule has 3 N–H and O–H groups in total. The Labute approximate surface area is 271 Å². The number of methoxy groups -OCH3 is 1. The van der Waals surface area contributed by atoms with Crippen LogP contribution in [0.25, 0.3) is 0 Å². The van der Waals surface area contributed by atoms with Gasteiger partial charge in [-0.2, -0.15) is 0 Å². The van der Waals surface area contributed by atoms with Gasteiger partial charge in [-0.3, -0.25) is 9.59 Å². The Bertz CT molecular complexity index is 1440. The van der Waals surface area contributed by atoms with Crippen LogP contribution in [-0.4, -0.2) is 44.1 Å². The fourth-order valence-corrected chi connectivity index (χ4v) is 5.23. The minimum Gasteiger partial charge on any atom is -0.497 e. The molecule has 3 amide bonds. The number of benzene rings is 4. The topological polar surface area (TPSA) is 106 Å². The van der Waals surface area contributed by atoms with Crippen molar-refractivity contribution in [3.05, 3.63) is 138 Å². The molecule has 0 bridgehead atoms. The summed E-state index contributed by atoms with van der Waals surface area (Å²) < 4.78 is 10.6. The second-order valence-corrected chi connectivity index (χ2v) is 11.1. The number of ether oxygens (including phenoxy) is 2. The van der Waals surface area contributed by atoms with Gasteiger partial charge in [0.1, 0.15) is 18.4 Å². The summed E-state index contributed by atoms with van der Waals surface area (Å²) in [5, 5.41) is 8.74. The molecule has 8 heteroatoms. The molecule has 4 aromatic carbocycles. The first-order valence-electron chi connectivity index (χ1n) is 15.8. The van der Waals surface area contributed by atoms with Crippen molar-refractivity contribution >= 4 is 17.9 Å². The monoisotopic (exact) mass is 621 g/mol. The lowest BCUT2D eigenvalue weighted by Gasteiger charge is -2.21. The molecule has 0 radical (unpaired) electrons. The number of carbonyl (C=O) groups excluding carboxylic acids is 3. The number of unbranched alkanes of at least 4 members (excludes halogenated alkanes) is 1. The number of carbonyl (C=O) groups is 3. The van der Waals surface area contributed by atoms with Gasteiger partial charge in [0.15, 0.2) is 0 Å². The van der Waals surface area contributed by atoms with Crippen molar-refractivity contribution in [1.82, 2.24) is 16.0 Å². The van der Waals surface area contributed by atoms with Gasteiger partial charge >= 0.3 is 6.09 Å². The number of rotatable bonds is 17. The fourth-order valence-electron chi connectivity index (χ4n) is 5.23. The normalized spacial score (nSPS) is 11.3. The fraction of sp³-hybridized carbons (Fsp3) is 0.289. The van der Waals surface area contributed by atoms with Crippen molar-refractivity contribution in [3.63, 3.8) is 0 Å². The molecule has 46 heavy (non-hydrogen) atoms. The molecule has 0 saturated carbocycles. The predicted molar refractivity (Wildman–Crippen MR) is 179 cm³/mol. The Hall–Kier alpha value is -5.11. The lowest BCUT2D eigenvalue weighted by atomic mass is 9.88. The number of amides is 3. The molecule has 1 unspecified atom stereocenters. The zero-order chi connectivity index (χ0) is 32.4. The number of nitrogens with one attached hydrogen (secondary N) is 3. The Balaban J connectivity index is 1.28. The molecule has 0 aromatic heterocycles. The quantitative estimate of drug-likeness (QED) is 0.123. The van der Waals surface area contributed by atoms with Crippen LogP contribution < -0.4 is 20.7 Å². The molecule has 4 rings (SSSR count). The van der Waals surface area contributed by atoms with E-state index in [2.05, 4.69) is 40.2 Å². The zero-order valence-corrected chi connectivity index (χ0v) is 26.3. The summed E-state index contributed by atoms with van der Waals surface area (Å²) in [5.74, 6) is 0.521. The van der Waals surface area contributed by atoms with Crippen LogP contribution in [0.3, 0.4) is 0 Å². The van der Waals surface area contributed by atoms with Crippen LogP contribution >= 0.6 is 0 Å². The van der Waals surface area contributed by atoms with E-state index in [1.54, 1.807) is 7.11 Å². The highest BCUT2D eigenvalue weighted by molar-refractivity contribution is 5.85. The van der Waals surface area contributed by atoms with Gasteiger partial charge in [-0.15, -0.1) is 0 Å². The molecular formula is C38H43N3O5. The van der Waals surface area contributed by atoms with Gasteiger partial charge in [-0.25, -0.2) is 4.79 Å². The van der Waals surface area contributed by atoms with E-state index in [-0.39, 0.29) is 30.8 Å². The van der Waals surface area contributed by atoms with Gasteiger partial charge in [-0.1, -0.05) is 103 Å². The summed E-state index contributed by atoms with van der Waals surface area (Å²) in [7, 11) is 1.60. The molecule has 0 spiro atoms. The summed E-state index contributed by atoms with van der Waals surface area (Å²) in [5.41, 5.74) is 4.11. The molecule has 0 fully saturated rings. The van der Waals surface area contributed by atoms with Crippen LogP contribution in [-0.2, 0) is 27.4 Å². The van der Waals surface area contributed by atoms with Gasteiger partial charge in [0.05, 0.1) is 13.5 Å². The molecular weight excluding hydrogens is 578 g/mol. The van der Waals surface area contributed by atoms with Crippen LogP contribution in [0.15, 0.2) is 115 Å². The average molecular weight is 622 g/mol. The first-order valence-corrected chi connectivity index (χ1v) is 15.8. The Kier molecular flexibility index (Phi) is 13.7. The van der Waals surface area contributed by atoms with E-state index in [1.807, 2.05) is 91.0 Å². The summed E-state index contributed by atoms with van der Waals surface area (Å²) in [6.45, 7) is 1.01. The first-order chi connectivity index (χ1) is 22.5. The molecule has 0 aliphatic carbocycles. The zero-order valence-electron chi connectivity index (χ0n) is 26.3. The summed E-state index contributed by atoms with van der Waals surface area (Å²) in [6.07, 6.45) is 2.01. The molecule has 0 heterocycles. The highest BCUT2D eigenvalue weighted by Gasteiger charge is 2.22. The minimum atomic E-state index is -0.773. The minimum absolute atomic E-state index is 0.0755. The van der Waals surface area contributed by atoms with Gasteiger partial charge in [-0.05, 0) is 60.1 Å². The molecule has 240 valence electrons. The predicted octanol–water partition coefficient (Wildman–Crippen LogP) is 6.16. The summed E-state index contributed by atoms with van der Waals surface area (Å²) in [6, 6.07) is 36.5. The SMILES string of the molecule is COc1ccc(CC(=O)NCCCCC(NC(=O)OCc2ccccc2)C(=O)NCCC(c2ccccc2)c2ccccc2)cc1. The second-order valence-electron chi connectivity index (χ2n) is 11.1. The Morgan fingerprint density at radius 3 is 1.87 bits per heavy atom. The van der Waals surface area contributed by atoms with E-state index >= 15 is 0 Å². The third-order valence-electron chi connectivity index (χ3n) is 7.72. The smallest absolute Gasteiger partial charge is 0.408 e. The maximum absolute atomic E-state index is 13.4. The third kappa shape index (κ3) is 11.4. The molecule has 0 saturated heterocycles. The van der Waals surface area contributed by atoms with Crippen LogP contribution in [0.1, 0.15) is 53.9 Å². The largest absolute Gasteiger partial charge is 0.497 e. The maximum atomic E-state index is 13.4. The Morgan fingerprint density at radius 1 is 0.652 bits per heavy atom. The average Bonchev–Trinajstić information content (AvgIpc) is 3.10. The van der Waals surface area contributed by atoms with E-state index in [1.165, 1.54) is 11.1 Å². The van der Waals surface area contributed by atoms with E-state index < -0.39 is 12.1 Å². The van der Waals surface area contributed by atoms with Crippen LogP contribution in [0.2, 0.25) is 0 Å². The first kappa shape index (κ1) is 33.8. The van der Waals surface area contributed by atoms with Crippen LogP contribution in [0.5, 0.6) is 5.75 Å². The summed E-state index contributed by atoms with van der Waals surface area (Å²) in [4.78, 5) is 38.5. The van der Waals surface area contributed by atoms with Crippen LogP contribution in [0, 0.1) is 0 Å². The van der Waals surface area contributed by atoms with E-state index in [0.29, 0.717) is 38.8 Å². The highest BCUT2D eigenvalue weighted by atomic mass is 16.5. The number of alkyl carbamates (subject to hydrolysis) is 1. The molecule has 1 atom stereocenters. The Morgan fingerprint density at radius 2 is 1.26 bits per heavy atom. The molecule has 0 aliphatic heterocycles. The van der Waals surface area contributed by atoms with Gasteiger partial charge < -0.3 is 25.4 Å². The van der Waals surface area contributed by atoms with Gasteiger partial charge in [0.2, 0.25) is 11.8 Å². The van der Waals surface area contributed by atoms with E-state index in [0.717, 1.165) is 16.9 Å². The molecule has 8 nitrogen and oxygen atoms in total. The van der Waals surface area contributed by atoms with Crippen molar-refractivity contribution < 1.29 is 23.9 Å². The van der Waals surface area contributed by atoms with Gasteiger partial charge in [0.25, 0.3) is 0 Å². The third-order valence-corrected chi connectivity index (χ3v) is 7.72. The van der Waals surface area contributed by atoms with E-state index in [4.69, 9.17) is 9.47 Å². The van der Waals surface area contributed by atoms with Crippen molar-refractivity contribution in [2.24, 2.45) is 0 Å². The lowest BCUT2D eigenvalue weighted by Crippen LogP contribution is -2.47. The molecule has 4 aromatic rings. The van der Waals surface area contributed by atoms with E-state index in [9.17, 15) is 14.4 Å². The van der Waals surface area contributed by atoms with Crippen molar-refractivity contribution in [2.75, 3.05) is 20.2 Å². The second kappa shape index (κ2) is 18.6. The van der Waals surface area contributed by atoms with Crippen LogP contribution in [0.4, 0.5) is 4.79 Å². The number of hydrogen-bond acceptors (Lipinski definition) is 5.